The summed E-state index contributed by atoms with van der Waals surface area (Å²) in [7, 11) is 1.50. The van der Waals surface area contributed by atoms with Crippen LogP contribution in [0.1, 0.15) is 70.1 Å². The zero-order valence-electron chi connectivity index (χ0n) is 22.7. The number of hydrogen-bond donors (Lipinski definition) is 3. The fourth-order valence-corrected chi connectivity index (χ4v) is 2.68. The molecule has 2 heterocycles. The van der Waals surface area contributed by atoms with Crippen LogP contribution in [0, 0.1) is 6.92 Å². The Bertz CT molecular complexity index is 965. The van der Waals surface area contributed by atoms with E-state index in [1.165, 1.54) is 13.1 Å². The Hall–Kier alpha value is -3.17. The van der Waals surface area contributed by atoms with Crippen molar-refractivity contribution >= 4 is 29.3 Å². The number of carbonyl (C=O) groups is 2. The van der Waals surface area contributed by atoms with E-state index in [9.17, 15) is 9.59 Å². The summed E-state index contributed by atoms with van der Waals surface area (Å²) in [5, 5.41) is 5.26. The number of hydrogen-bond acceptors (Lipinski definition) is 7. The van der Waals surface area contributed by atoms with Gasteiger partial charge in [-0.3, -0.25) is 14.6 Å². The van der Waals surface area contributed by atoms with Gasteiger partial charge in [0, 0.05) is 30.1 Å². The molecule has 9 nitrogen and oxygen atoms in total. The standard InChI is InChI=1S/C13H17ClN2O3.C9H11N3O.2C2H6/c1-8(2)19-11-5-4-9(6-10(11)14)13(18)16-7-12(17)15-3;1-6-3-4-8(5-10-6)9-11-7(2)13-12-9;2*1-2/h4-6,8H,7H2,1-3H3,(H,15,17)(H,16,18);3-5,7H,1-2H3,(H,11,12);2*1-2H3. The average molecular weight is 522 g/mol. The van der Waals surface area contributed by atoms with Gasteiger partial charge in [-0.15, -0.1) is 0 Å². The molecule has 2 aromatic rings. The molecule has 36 heavy (non-hydrogen) atoms. The second-order valence-corrected chi connectivity index (χ2v) is 7.56. The van der Waals surface area contributed by atoms with Gasteiger partial charge in [0.15, 0.2) is 12.1 Å². The Balaban J connectivity index is 0.000000625. The second kappa shape index (κ2) is 18.1. The highest BCUT2D eigenvalue weighted by molar-refractivity contribution is 6.32. The summed E-state index contributed by atoms with van der Waals surface area (Å²) in [6.07, 6.45) is 1.67. The molecule has 0 radical (unpaired) electrons. The zero-order valence-corrected chi connectivity index (χ0v) is 23.5. The topological polar surface area (TPSA) is 114 Å². The molecule has 1 aromatic heterocycles. The maximum atomic E-state index is 11.8. The van der Waals surface area contributed by atoms with Gasteiger partial charge in [-0.05, 0) is 58.0 Å². The number of carbonyl (C=O) groups excluding carboxylic acids is 2. The molecule has 0 spiro atoms. The smallest absolute Gasteiger partial charge is 0.251 e. The van der Waals surface area contributed by atoms with Crippen molar-refractivity contribution in [3.05, 3.63) is 58.4 Å². The molecule has 1 atom stereocenters. The molecule has 0 fully saturated rings. The number of benzene rings is 1. The van der Waals surface area contributed by atoms with Gasteiger partial charge >= 0.3 is 0 Å². The van der Waals surface area contributed by atoms with E-state index in [1.807, 2.05) is 67.5 Å². The molecule has 3 rings (SSSR count). The number of likely N-dealkylation sites (N-methyl/N-ethyl adjacent to an activating group) is 1. The number of rotatable bonds is 6. The van der Waals surface area contributed by atoms with Crippen molar-refractivity contribution in [3.8, 4) is 5.75 Å². The molecule has 1 unspecified atom stereocenters. The number of nitrogens with zero attached hydrogens (tertiary/aromatic N) is 2. The van der Waals surface area contributed by atoms with Gasteiger partial charge in [0.05, 0.1) is 17.7 Å². The monoisotopic (exact) mass is 521 g/mol. The number of aliphatic imine (C=N–C) groups is 1. The molecule has 2 amide bonds. The van der Waals surface area contributed by atoms with Gasteiger partial charge in [-0.25, -0.2) is 15.3 Å². The highest BCUT2D eigenvalue weighted by Crippen LogP contribution is 2.26. The molecule has 10 heteroatoms. The molecule has 1 aliphatic rings. The van der Waals surface area contributed by atoms with E-state index < -0.39 is 0 Å². The van der Waals surface area contributed by atoms with E-state index in [1.54, 1.807) is 18.3 Å². The number of aromatic nitrogens is 1. The minimum absolute atomic E-state index is 0.00502. The molecular weight excluding hydrogens is 482 g/mol. The first-order valence-corrected chi connectivity index (χ1v) is 12.4. The van der Waals surface area contributed by atoms with Crippen LogP contribution in [0.2, 0.25) is 5.02 Å². The summed E-state index contributed by atoms with van der Waals surface area (Å²) in [4.78, 5) is 36.3. The maximum Gasteiger partial charge on any atom is 0.251 e. The van der Waals surface area contributed by atoms with Crippen LogP contribution in [0.25, 0.3) is 0 Å². The number of nitrogens with one attached hydrogen (secondary N) is 3. The van der Waals surface area contributed by atoms with Crippen molar-refractivity contribution in [1.82, 2.24) is 21.1 Å². The molecular formula is C26H40ClN5O4. The molecule has 1 aromatic carbocycles. The van der Waals surface area contributed by atoms with Crippen LogP contribution in [0.15, 0.2) is 41.5 Å². The van der Waals surface area contributed by atoms with E-state index in [4.69, 9.17) is 21.2 Å². The number of pyridine rings is 1. The van der Waals surface area contributed by atoms with Gasteiger partial charge in [0.25, 0.3) is 5.91 Å². The van der Waals surface area contributed by atoms with Crippen LogP contribution in [0.3, 0.4) is 0 Å². The van der Waals surface area contributed by atoms with Crippen molar-refractivity contribution in [2.75, 3.05) is 13.6 Å². The van der Waals surface area contributed by atoms with Crippen molar-refractivity contribution in [3.63, 3.8) is 0 Å². The summed E-state index contributed by atoms with van der Waals surface area (Å²) in [5.41, 5.74) is 5.08. The molecule has 3 N–H and O–H groups in total. The van der Waals surface area contributed by atoms with Crippen molar-refractivity contribution in [2.45, 2.75) is 67.7 Å². The Kier molecular flexibility index (Phi) is 16.5. The maximum absolute atomic E-state index is 11.8. The van der Waals surface area contributed by atoms with E-state index in [0.29, 0.717) is 16.3 Å². The van der Waals surface area contributed by atoms with E-state index in [0.717, 1.165) is 17.1 Å². The third-order valence-electron chi connectivity index (χ3n) is 4.07. The molecule has 200 valence electrons. The molecule has 0 aliphatic carbocycles. The number of aryl methyl sites for hydroxylation is 1. The Morgan fingerprint density at radius 3 is 2.31 bits per heavy atom. The summed E-state index contributed by atoms with van der Waals surface area (Å²) in [6, 6.07) is 8.66. The molecule has 0 bridgehead atoms. The second-order valence-electron chi connectivity index (χ2n) is 7.15. The summed E-state index contributed by atoms with van der Waals surface area (Å²) < 4.78 is 5.47. The largest absolute Gasteiger partial charge is 0.489 e. The Labute approximate surface area is 220 Å². The van der Waals surface area contributed by atoms with Crippen LogP contribution >= 0.6 is 11.6 Å². The van der Waals surface area contributed by atoms with Crippen LogP contribution in [-0.2, 0) is 9.63 Å². The minimum atomic E-state index is -0.360. The van der Waals surface area contributed by atoms with Gasteiger partial charge in [-0.2, -0.15) is 0 Å². The van der Waals surface area contributed by atoms with E-state index >= 15 is 0 Å². The summed E-state index contributed by atoms with van der Waals surface area (Å²) >= 11 is 6.02. The highest BCUT2D eigenvalue weighted by Gasteiger charge is 2.14. The lowest BCUT2D eigenvalue weighted by Gasteiger charge is -2.12. The quantitative estimate of drug-likeness (QED) is 0.509. The predicted molar refractivity (Wildman–Crippen MR) is 146 cm³/mol. The minimum Gasteiger partial charge on any atom is -0.489 e. The van der Waals surface area contributed by atoms with Gasteiger partial charge < -0.3 is 15.4 Å². The van der Waals surface area contributed by atoms with Crippen LogP contribution in [0.4, 0.5) is 0 Å². The Morgan fingerprint density at radius 1 is 1.17 bits per heavy atom. The van der Waals surface area contributed by atoms with Gasteiger partial charge in [0.1, 0.15) is 5.75 Å². The first-order chi connectivity index (χ1) is 17.2. The third-order valence-corrected chi connectivity index (χ3v) is 4.36. The van der Waals surface area contributed by atoms with Crippen molar-refractivity contribution in [1.29, 1.82) is 0 Å². The average Bonchev–Trinajstić information content (AvgIpc) is 3.32. The number of halogens is 1. The summed E-state index contributed by atoms with van der Waals surface area (Å²) in [6.45, 7) is 15.5. The van der Waals surface area contributed by atoms with E-state index in [-0.39, 0.29) is 30.7 Å². The summed E-state index contributed by atoms with van der Waals surface area (Å²) in [5.74, 6) is 0.653. The molecule has 0 saturated heterocycles. The number of ether oxygens (including phenoxy) is 1. The lowest BCUT2D eigenvalue weighted by molar-refractivity contribution is -0.119. The normalized spacial score (nSPS) is 13.3. The SMILES string of the molecule is CC.CC.CNC(=O)CNC(=O)c1ccc(OC(C)C)c(Cl)c1.Cc1ccc(C2=NC(C)ON2)cn1. The van der Waals surface area contributed by atoms with Gasteiger partial charge in [-0.1, -0.05) is 39.3 Å². The number of hydroxylamine groups is 1. The zero-order chi connectivity index (χ0) is 27.7. The lowest BCUT2D eigenvalue weighted by atomic mass is 10.2. The fraction of sp³-hybridized carbons (Fsp3) is 0.462. The van der Waals surface area contributed by atoms with E-state index in [2.05, 4.69) is 26.1 Å². The molecule has 1 aliphatic heterocycles. The van der Waals surface area contributed by atoms with Crippen LogP contribution < -0.4 is 20.9 Å². The van der Waals surface area contributed by atoms with Crippen LogP contribution in [-0.4, -0.2) is 48.6 Å². The number of amides is 2. The fourth-order valence-electron chi connectivity index (χ4n) is 2.46. The number of amidine groups is 1. The molecule has 0 saturated carbocycles. The lowest BCUT2D eigenvalue weighted by Crippen LogP contribution is -2.35. The predicted octanol–water partition coefficient (Wildman–Crippen LogP) is 4.67. The van der Waals surface area contributed by atoms with Crippen LogP contribution in [0.5, 0.6) is 5.75 Å². The first-order valence-electron chi connectivity index (χ1n) is 12.1. The highest BCUT2D eigenvalue weighted by atomic mass is 35.5. The van der Waals surface area contributed by atoms with Crippen molar-refractivity contribution < 1.29 is 19.2 Å². The van der Waals surface area contributed by atoms with Crippen molar-refractivity contribution in [2.24, 2.45) is 4.99 Å². The third kappa shape index (κ3) is 12.0. The first kappa shape index (κ1) is 32.8. The Morgan fingerprint density at radius 2 is 1.83 bits per heavy atom. The van der Waals surface area contributed by atoms with Gasteiger partial charge in [0.2, 0.25) is 5.91 Å².